The van der Waals surface area contributed by atoms with Gasteiger partial charge in [-0.3, -0.25) is 0 Å². The molecule has 1 unspecified atom stereocenters. The second-order valence-electron chi connectivity index (χ2n) is 7.19. The van der Waals surface area contributed by atoms with Gasteiger partial charge in [-0.25, -0.2) is 4.79 Å². The van der Waals surface area contributed by atoms with Crippen molar-refractivity contribution in [3.05, 3.63) is 33.8 Å². The van der Waals surface area contributed by atoms with Gasteiger partial charge in [-0.1, -0.05) is 29.3 Å². The van der Waals surface area contributed by atoms with Gasteiger partial charge in [0.25, 0.3) is 0 Å². The molecule has 1 amide bonds. The first-order valence-electron chi connectivity index (χ1n) is 7.65. The lowest BCUT2D eigenvalue weighted by Crippen LogP contribution is -2.38. The standard InChI is InChI=1S/C17H23Cl2NO3/c1-10(21)12-8-17(12,9-20-15(22)23-16(2,3)4)11-5-6-13(18)14(19)7-11/h5-7,10,12,21H,8-9H2,1-4H3,(H,20,22)/t10?,12-,17+/m1/s1. The Bertz CT molecular complexity index is 598. The minimum absolute atomic E-state index is 0.0645. The number of hydrogen-bond acceptors (Lipinski definition) is 3. The molecule has 1 aromatic rings. The van der Waals surface area contributed by atoms with Gasteiger partial charge in [-0.2, -0.15) is 0 Å². The number of carbonyl (C=O) groups is 1. The van der Waals surface area contributed by atoms with Gasteiger partial charge < -0.3 is 15.2 Å². The Kier molecular flexibility index (Phi) is 5.19. The molecule has 4 nitrogen and oxygen atoms in total. The molecule has 0 heterocycles. The summed E-state index contributed by atoms with van der Waals surface area (Å²) in [6.07, 6.45) is -0.156. The molecule has 3 atom stereocenters. The van der Waals surface area contributed by atoms with Crippen LogP contribution in [0.1, 0.15) is 39.7 Å². The van der Waals surface area contributed by atoms with Crippen molar-refractivity contribution in [1.29, 1.82) is 0 Å². The first kappa shape index (κ1) is 18.4. The Balaban J connectivity index is 2.15. The Morgan fingerprint density at radius 2 is 2.09 bits per heavy atom. The van der Waals surface area contributed by atoms with E-state index in [9.17, 15) is 9.90 Å². The molecule has 1 aromatic carbocycles. The van der Waals surface area contributed by atoms with Crippen LogP contribution in [0.4, 0.5) is 4.79 Å². The number of nitrogens with one attached hydrogen (secondary N) is 1. The van der Waals surface area contributed by atoms with Crippen LogP contribution in [0.25, 0.3) is 0 Å². The van der Waals surface area contributed by atoms with E-state index in [0.717, 1.165) is 12.0 Å². The summed E-state index contributed by atoms with van der Waals surface area (Å²) < 4.78 is 5.28. The number of halogens is 2. The number of benzene rings is 1. The molecule has 0 bridgehead atoms. The highest BCUT2D eigenvalue weighted by Crippen LogP contribution is 2.56. The molecule has 1 aliphatic rings. The first-order valence-corrected chi connectivity index (χ1v) is 8.41. The fourth-order valence-electron chi connectivity index (χ4n) is 2.95. The van der Waals surface area contributed by atoms with Gasteiger partial charge in [0.2, 0.25) is 0 Å². The van der Waals surface area contributed by atoms with Crippen LogP contribution < -0.4 is 5.32 Å². The second kappa shape index (κ2) is 6.50. The van der Waals surface area contributed by atoms with Gasteiger partial charge in [-0.15, -0.1) is 0 Å². The summed E-state index contributed by atoms with van der Waals surface area (Å²) in [5.41, 5.74) is 0.0849. The van der Waals surface area contributed by atoms with Gasteiger partial charge in [0.15, 0.2) is 0 Å². The summed E-state index contributed by atoms with van der Waals surface area (Å²) in [6, 6.07) is 5.45. The fraction of sp³-hybridized carbons (Fsp3) is 0.588. The summed E-state index contributed by atoms with van der Waals surface area (Å²) >= 11 is 12.1. The maximum atomic E-state index is 11.9. The maximum Gasteiger partial charge on any atom is 0.407 e. The van der Waals surface area contributed by atoms with Crippen LogP contribution in [-0.2, 0) is 10.2 Å². The fourth-order valence-corrected chi connectivity index (χ4v) is 3.25. The van der Waals surface area contributed by atoms with E-state index in [1.807, 2.05) is 32.9 Å². The number of alkyl carbamates (subject to hydrolysis) is 1. The van der Waals surface area contributed by atoms with E-state index in [-0.39, 0.29) is 11.3 Å². The van der Waals surface area contributed by atoms with Crippen LogP contribution in [-0.4, -0.2) is 29.4 Å². The van der Waals surface area contributed by atoms with Crippen LogP contribution in [0.3, 0.4) is 0 Å². The summed E-state index contributed by atoms with van der Waals surface area (Å²) in [5.74, 6) is 0.0645. The third kappa shape index (κ3) is 4.31. The smallest absolute Gasteiger partial charge is 0.407 e. The maximum absolute atomic E-state index is 11.9. The molecule has 2 rings (SSSR count). The third-order valence-corrected chi connectivity index (χ3v) is 4.90. The molecule has 6 heteroatoms. The Labute approximate surface area is 147 Å². The predicted molar refractivity (Wildman–Crippen MR) is 92.2 cm³/mol. The molecule has 128 valence electrons. The minimum Gasteiger partial charge on any atom is -0.444 e. The van der Waals surface area contributed by atoms with E-state index in [4.69, 9.17) is 27.9 Å². The number of aliphatic hydroxyl groups is 1. The number of hydrogen-bond donors (Lipinski definition) is 2. The Morgan fingerprint density at radius 1 is 1.43 bits per heavy atom. The number of aliphatic hydroxyl groups excluding tert-OH is 1. The molecule has 23 heavy (non-hydrogen) atoms. The number of rotatable bonds is 4. The molecular formula is C17H23Cl2NO3. The third-order valence-electron chi connectivity index (χ3n) is 4.16. The van der Waals surface area contributed by atoms with Crippen molar-refractivity contribution < 1.29 is 14.6 Å². The van der Waals surface area contributed by atoms with E-state index in [1.165, 1.54) is 0 Å². The van der Waals surface area contributed by atoms with Crippen molar-refractivity contribution in [2.24, 2.45) is 5.92 Å². The highest BCUT2D eigenvalue weighted by atomic mass is 35.5. The van der Waals surface area contributed by atoms with Crippen molar-refractivity contribution >= 4 is 29.3 Å². The lowest BCUT2D eigenvalue weighted by atomic mass is 9.91. The zero-order chi connectivity index (χ0) is 17.4. The molecule has 0 spiro atoms. The predicted octanol–water partition coefficient (Wildman–Crippen LogP) is 4.16. The largest absolute Gasteiger partial charge is 0.444 e. The minimum atomic E-state index is -0.548. The van der Waals surface area contributed by atoms with Crippen molar-refractivity contribution in [1.82, 2.24) is 5.32 Å². The quantitative estimate of drug-likeness (QED) is 0.848. The number of amides is 1. The van der Waals surface area contributed by atoms with Crippen LogP contribution in [0.15, 0.2) is 18.2 Å². The molecule has 0 radical (unpaired) electrons. The van der Waals surface area contributed by atoms with E-state index >= 15 is 0 Å². The zero-order valence-electron chi connectivity index (χ0n) is 13.8. The summed E-state index contributed by atoms with van der Waals surface area (Å²) in [6.45, 7) is 7.60. The molecule has 2 N–H and O–H groups in total. The molecule has 1 fully saturated rings. The van der Waals surface area contributed by atoms with Crippen LogP contribution in [0.5, 0.6) is 0 Å². The van der Waals surface area contributed by atoms with Crippen molar-refractivity contribution in [2.75, 3.05) is 6.54 Å². The van der Waals surface area contributed by atoms with Crippen LogP contribution in [0.2, 0.25) is 10.0 Å². The lowest BCUT2D eigenvalue weighted by molar-refractivity contribution is 0.0518. The van der Waals surface area contributed by atoms with Gasteiger partial charge >= 0.3 is 6.09 Å². The van der Waals surface area contributed by atoms with Gasteiger partial charge in [0.05, 0.1) is 16.1 Å². The molecule has 1 aliphatic carbocycles. The highest BCUT2D eigenvalue weighted by molar-refractivity contribution is 6.42. The van der Waals surface area contributed by atoms with E-state index in [2.05, 4.69) is 5.32 Å². The van der Waals surface area contributed by atoms with Crippen molar-refractivity contribution in [3.63, 3.8) is 0 Å². The summed E-state index contributed by atoms with van der Waals surface area (Å²) in [7, 11) is 0. The lowest BCUT2D eigenvalue weighted by Gasteiger charge is -2.23. The molecular weight excluding hydrogens is 337 g/mol. The van der Waals surface area contributed by atoms with Gasteiger partial charge in [-0.05, 0) is 57.7 Å². The van der Waals surface area contributed by atoms with Gasteiger partial charge in [0.1, 0.15) is 5.60 Å². The van der Waals surface area contributed by atoms with E-state index < -0.39 is 17.8 Å². The SMILES string of the molecule is CC(O)[C@H]1C[C@]1(CNC(=O)OC(C)(C)C)c1ccc(Cl)c(Cl)c1. The normalized spacial score (nSPS) is 24.9. The molecule has 1 saturated carbocycles. The van der Waals surface area contributed by atoms with E-state index in [1.54, 1.807) is 13.0 Å². The second-order valence-corrected chi connectivity index (χ2v) is 8.01. The van der Waals surface area contributed by atoms with Gasteiger partial charge in [0, 0.05) is 12.0 Å². The highest BCUT2D eigenvalue weighted by Gasteiger charge is 2.57. The topological polar surface area (TPSA) is 58.6 Å². The van der Waals surface area contributed by atoms with E-state index in [0.29, 0.717) is 16.6 Å². The summed E-state index contributed by atoms with van der Waals surface area (Å²) in [5, 5.41) is 13.7. The average Bonchev–Trinajstić information content (AvgIpc) is 3.14. The summed E-state index contributed by atoms with van der Waals surface area (Å²) in [4.78, 5) is 11.9. The Morgan fingerprint density at radius 3 is 2.57 bits per heavy atom. The van der Waals surface area contributed by atoms with Crippen LogP contribution in [0, 0.1) is 5.92 Å². The monoisotopic (exact) mass is 359 g/mol. The molecule has 0 saturated heterocycles. The number of ether oxygens (including phenoxy) is 1. The van der Waals surface area contributed by atoms with Crippen molar-refractivity contribution in [2.45, 2.75) is 51.2 Å². The number of carbonyl (C=O) groups excluding carboxylic acids is 1. The first-order chi connectivity index (χ1) is 10.5. The molecule has 0 aliphatic heterocycles. The zero-order valence-corrected chi connectivity index (χ0v) is 15.3. The van der Waals surface area contributed by atoms with Crippen molar-refractivity contribution in [3.8, 4) is 0 Å². The molecule has 0 aromatic heterocycles. The average molecular weight is 360 g/mol. The Hall–Kier alpha value is -0.970. The van der Waals surface area contributed by atoms with Crippen LogP contribution >= 0.6 is 23.2 Å².